The lowest BCUT2D eigenvalue weighted by atomic mass is 10.1. The summed E-state index contributed by atoms with van der Waals surface area (Å²) in [5, 5.41) is 0.746. The summed E-state index contributed by atoms with van der Waals surface area (Å²) >= 11 is 6.15. The number of hydrogen-bond donors (Lipinski definition) is 1. The molecule has 0 spiro atoms. The Labute approximate surface area is 147 Å². The van der Waals surface area contributed by atoms with Crippen LogP contribution in [0.15, 0.2) is 17.1 Å². The Bertz CT molecular complexity index is 530. The van der Waals surface area contributed by atoms with Gasteiger partial charge in [-0.15, -0.1) is 24.0 Å². The first-order valence-corrected chi connectivity index (χ1v) is 7.61. The molecule has 2 heterocycles. The van der Waals surface area contributed by atoms with Crippen molar-refractivity contribution in [2.24, 2.45) is 10.7 Å². The molecule has 2 aliphatic heterocycles. The van der Waals surface area contributed by atoms with Gasteiger partial charge in [0.25, 0.3) is 0 Å². The summed E-state index contributed by atoms with van der Waals surface area (Å²) in [7, 11) is 0. The zero-order valence-electron chi connectivity index (χ0n) is 12.0. The van der Waals surface area contributed by atoms with Crippen molar-refractivity contribution in [3.8, 4) is 5.75 Å². The molecule has 0 unspecified atom stereocenters. The zero-order valence-corrected chi connectivity index (χ0v) is 15.1. The average Bonchev–Trinajstić information content (AvgIpc) is 2.93. The standard InChI is InChI=1S/C15H20ClN3O.HI/c16-13-8-11-4-7-20-14(11)12(9-13)10-18-15(17)19-5-2-1-3-6-19;/h8-9H,1-7,10H2,(H2,17,18);1H. The fraction of sp³-hybridized carbons (Fsp3) is 0.533. The van der Waals surface area contributed by atoms with Gasteiger partial charge in [-0.3, -0.25) is 0 Å². The highest BCUT2D eigenvalue weighted by atomic mass is 127. The van der Waals surface area contributed by atoms with Gasteiger partial charge in [0.2, 0.25) is 0 Å². The smallest absolute Gasteiger partial charge is 0.191 e. The highest BCUT2D eigenvalue weighted by Crippen LogP contribution is 2.33. The van der Waals surface area contributed by atoms with Crippen LogP contribution < -0.4 is 10.5 Å². The predicted molar refractivity (Wildman–Crippen MR) is 96.8 cm³/mol. The average molecular weight is 422 g/mol. The van der Waals surface area contributed by atoms with Crippen LogP contribution in [0.25, 0.3) is 0 Å². The first kappa shape index (κ1) is 16.7. The molecule has 2 aliphatic rings. The number of hydrogen-bond acceptors (Lipinski definition) is 2. The largest absolute Gasteiger partial charge is 0.493 e. The third kappa shape index (κ3) is 3.94. The predicted octanol–water partition coefficient (Wildman–Crippen LogP) is 3.19. The summed E-state index contributed by atoms with van der Waals surface area (Å²) in [6.45, 7) is 3.29. The summed E-state index contributed by atoms with van der Waals surface area (Å²) in [4.78, 5) is 6.68. The van der Waals surface area contributed by atoms with Crippen LogP contribution in [-0.2, 0) is 13.0 Å². The van der Waals surface area contributed by atoms with Crippen molar-refractivity contribution in [3.05, 3.63) is 28.3 Å². The van der Waals surface area contributed by atoms with Gasteiger partial charge in [-0.1, -0.05) is 11.6 Å². The SMILES string of the molecule is I.NC(=NCc1cc(Cl)cc2c1OCC2)N1CCCCC1. The summed E-state index contributed by atoms with van der Waals surface area (Å²) in [5.74, 6) is 1.58. The molecule has 0 bridgehead atoms. The molecule has 0 atom stereocenters. The number of guanidine groups is 1. The Morgan fingerprint density at radius 1 is 1.29 bits per heavy atom. The maximum Gasteiger partial charge on any atom is 0.191 e. The number of piperidine rings is 1. The molecule has 1 aromatic carbocycles. The lowest BCUT2D eigenvalue weighted by Gasteiger charge is -2.27. The monoisotopic (exact) mass is 421 g/mol. The number of fused-ring (bicyclic) bond motifs is 1. The number of ether oxygens (including phenoxy) is 1. The van der Waals surface area contributed by atoms with Crippen LogP contribution in [-0.4, -0.2) is 30.6 Å². The second-order valence-corrected chi connectivity index (χ2v) is 5.81. The minimum absolute atomic E-state index is 0. The summed E-state index contributed by atoms with van der Waals surface area (Å²) in [6, 6.07) is 3.91. The Hall–Kier alpha value is -0.690. The molecule has 0 aliphatic carbocycles. The van der Waals surface area contributed by atoms with E-state index in [-0.39, 0.29) is 24.0 Å². The Morgan fingerprint density at radius 2 is 2.05 bits per heavy atom. The third-order valence-corrected chi connectivity index (χ3v) is 4.14. The van der Waals surface area contributed by atoms with Crippen molar-refractivity contribution in [1.29, 1.82) is 0 Å². The van der Waals surface area contributed by atoms with Crippen molar-refractivity contribution < 1.29 is 4.74 Å². The van der Waals surface area contributed by atoms with Crippen LogP contribution in [0.3, 0.4) is 0 Å². The summed E-state index contributed by atoms with van der Waals surface area (Å²) in [5.41, 5.74) is 8.29. The van der Waals surface area contributed by atoms with Gasteiger partial charge in [0.1, 0.15) is 5.75 Å². The summed E-state index contributed by atoms with van der Waals surface area (Å²) < 4.78 is 5.68. The van der Waals surface area contributed by atoms with E-state index in [0.29, 0.717) is 12.5 Å². The van der Waals surface area contributed by atoms with Gasteiger partial charge in [-0.25, -0.2) is 4.99 Å². The first-order valence-electron chi connectivity index (χ1n) is 7.23. The molecule has 0 radical (unpaired) electrons. The second kappa shape index (κ2) is 7.54. The van der Waals surface area contributed by atoms with E-state index in [1.54, 1.807) is 0 Å². The van der Waals surface area contributed by atoms with Crippen LogP contribution in [0.2, 0.25) is 5.02 Å². The third-order valence-electron chi connectivity index (χ3n) is 3.92. The number of nitrogens with two attached hydrogens (primary N) is 1. The van der Waals surface area contributed by atoms with Crippen LogP contribution in [0.4, 0.5) is 0 Å². The molecular weight excluding hydrogens is 401 g/mol. The highest BCUT2D eigenvalue weighted by molar-refractivity contribution is 14.0. The molecular formula is C15H21ClIN3O. The van der Waals surface area contributed by atoms with E-state index in [4.69, 9.17) is 22.1 Å². The number of rotatable bonds is 2. The second-order valence-electron chi connectivity index (χ2n) is 5.37. The molecule has 1 aromatic rings. The van der Waals surface area contributed by atoms with Gasteiger partial charge in [0, 0.05) is 30.1 Å². The van der Waals surface area contributed by atoms with E-state index in [1.807, 2.05) is 12.1 Å². The van der Waals surface area contributed by atoms with Gasteiger partial charge in [-0.2, -0.15) is 0 Å². The van der Waals surface area contributed by atoms with Gasteiger partial charge in [0.05, 0.1) is 13.2 Å². The molecule has 1 saturated heterocycles. The minimum atomic E-state index is 0. The lowest BCUT2D eigenvalue weighted by Crippen LogP contribution is -2.40. The van der Waals surface area contributed by atoms with E-state index in [9.17, 15) is 0 Å². The molecule has 116 valence electrons. The van der Waals surface area contributed by atoms with Gasteiger partial charge in [0.15, 0.2) is 5.96 Å². The molecule has 3 rings (SSSR count). The van der Waals surface area contributed by atoms with Crippen LogP contribution in [0, 0.1) is 0 Å². The Kier molecular flexibility index (Phi) is 5.98. The van der Waals surface area contributed by atoms with Crippen molar-refractivity contribution >= 4 is 41.5 Å². The minimum Gasteiger partial charge on any atom is -0.493 e. The molecule has 6 heteroatoms. The molecule has 1 fully saturated rings. The maximum atomic E-state index is 6.15. The quantitative estimate of drug-likeness (QED) is 0.453. The van der Waals surface area contributed by atoms with Crippen molar-refractivity contribution in [2.45, 2.75) is 32.2 Å². The number of aliphatic imine (C=N–C) groups is 1. The molecule has 0 aromatic heterocycles. The van der Waals surface area contributed by atoms with E-state index in [2.05, 4.69) is 9.89 Å². The van der Waals surface area contributed by atoms with Gasteiger partial charge >= 0.3 is 0 Å². The van der Waals surface area contributed by atoms with E-state index < -0.39 is 0 Å². The van der Waals surface area contributed by atoms with Gasteiger partial charge in [-0.05, 0) is 37.0 Å². The van der Waals surface area contributed by atoms with Gasteiger partial charge < -0.3 is 15.4 Å². The fourth-order valence-electron chi connectivity index (χ4n) is 2.85. The van der Waals surface area contributed by atoms with E-state index in [0.717, 1.165) is 42.5 Å². The molecule has 0 amide bonds. The molecule has 2 N–H and O–H groups in total. The highest BCUT2D eigenvalue weighted by Gasteiger charge is 2.18. The van der Waals surface area contributed by atoms with Crippen LogP contribution in [0.1, 0.15) is 30.4 Å². The summed E-state index contributed by atoms with van der Waals surface area (Å²) in [6.07, 6.45) is 4.62. The van der Waals surface area contributed by atoms with Crippen molar-refractivity contribution in [1.82, 2.24) is 4.90 Å². The maximum absolute atomic E-state index is 6.15. The van der Waals surface area contributed by atoms with Crippen LogP contribution in [0.5, 0.6) is 5.75 Å². The normalized spacial score (nSPS) is 18.0. The zero-order chi connectivity index (χ0) is 13.9. The van der Waals surface area contributed by atoms with E-state index >= 15 is 0 Å². The topological polar surface area (TPSA) is 50.9 Å². The number of halogens is 2. The number of likely N-dealkylation sites (tertiary alicyclic amines) is 1. The number of nitrogens with zero attached hydrogens (tertiary/aromatic N) is 2. The number of benzene rings is 1. The Morgan fingerprint density at radius 3 is 2.81 bits per heavy atom. The first-order chi connectivity index (χ1) is 9.74. The van der Waals surface area contributed by atoms with Crippen LogP contribution >= 0.6 is 35.6 Å². The Balaban J connectivity index is 0.00000161. The van der Waals surface area contributed by atoms with E-state index in [1.165, 1.54) is 24.8 Å². The van der Waals surface area contributed by atoms with Crippen molar-refractivity contribution in [3.63, 3.8) is 0 Å². The molecule has 4 nitrogen and oxygen atoms in total. The fourth-order valence-corrected chi connectivity index (χ4v) is 3.12. The molecule has 0 saturated carbocycles. The molecule has 21 heavy (non-hydrogen) atoms. The van der Waals surface area contributed by atoms with Crippen molar-refractivity contribution in [2.75, 3.05) is 19.7 Å². The lowest BCUT2D eigenvalue weighted by molar-refractivity contribution is 0.337.